The predicted molar refractivity (Wildman–Crippen MR) is 54.3 cm³/mol. The van der Waals surface area contributed by atoms with Gasteiger partial charge in [-0.05, 0) is 12.1 Å². The van der Waals surface area contributed by atoms with Gasteiger partial charge >= 0.3 is 5.97 Å². The van der Waals surface area contributed by atoms with Crippen molar-refractivity contribution in [3.05, 3.63) is 47.8 Å². The van der Waals surface area contributed by atoms with Crippen LogP contribution < -0.4 is 0 Å². The Bertz CT molecular complexity index is 570. The highest BCUT2D eigenvalue weighted by atomic mass is 19.1. The normalized spacial score (nSPS) is 10.2. The number of halogens is 2. The second-order valence-electron chi connectivity index (χ2n) is 3.19. The molecule has 0 bridgehead atoms. The summed E-state index contributed by atoms with van der Waals surface area (Å²) in [7, 11) is 0. The largest absolute Gasteiger partial charge is 0.478 e. The molecule has 1 heterocycles. The SMILES string of the molecule is O=C(O)c1cccc(F)c1-c1ncc(F)cn1. The fourth-order valence-corrected chi connectivity index (χ4v) is 1.37. The van der Waals surface area contributed by atoms with Crippen molar-refractivity contribution in [2.45, 2.75) is 0 Å². The van der Waals surface area contributed by atoms with Crippen LogP contribution in [0.5, 0.6) is 0 Å². The Hall–Kier alpha value is -2.37. The maximum absolute atomic E-state index is 13.6. The van der Waals surface area contributed by atoms with Crippen molar-refractivity contribution in [2.75, 3.05) is 0 Å². The molecular weight excluding hydrogens is 230 g/mol. The van der Waals surface area contributed by atoms with Gasteiger partial charge in [0.05, 0.1) is 23.5 Å². The molecule has 0 amide bonds. The molecule has 0 aliphatic rings. The number of carbonyl (C=O) groups is 1. The van der Waals surface area contributed by atoms with E-state index in [4.69, 9.17) is 5.11 Å². The van der Waals surface area contributed by atoms with Crippen LogP contribution in [0.1, 0.15) is 10.4 Å². The highest BCUT2D eigenvalue weighted by molar-refractivity contribution is 5.95. The maximum Gasteiger partial charge on any atom is 0.336 e. The fraction of sp³-hybridized carbons (Fsp3) is 0. The number of carboxylic acids is 1. The summed E-state index contributed by atoms with van der Waals surface area (Å²) in [5.74, 6) is -2.91. The zero-order valence-electron chi connectivity index (χ0n) is 8.39. The van der Waals surface area contributed by atoms with Crippen LogP contribution in [0, 0.1) is 11.6 Å². The molecule has 0 unspecified atom stereocenters. The number of hydrogen-bond donors (Lipinski definition) is 1. The quantitative estimate of drug-likeness (QED) is 0.867. The summed E-state index contributed by atoms with van der Waals surface area (Å²) in [5, 5.41) is 8.91. The first kappa shape index (κ1) is 11.1. The second kappa shape index (κ2) is 4.25. The highest BCUT2D eigenvalue weighted by Crippen LogP contribution is 2.23. The monoisotopic (exact) mass is 236 g/mol. The van der Waals surface area contributed by atoms with Crippen LogP contribution in [0.15, 0.2) is 30.6 Å². The molecule has 0 spiro atoms. The van der Waals surface area contributed by atoms with E-state index in [-0.39, 0.29) is 17.0 Å². The minimum Gasteiger partial charge on any atom is -0.478 e. The van der Waals surface area contributed by atoms with E-state index in [1.165, 1.54) is 12.1 Å². The summed E-state index contributed by atoms with van der Waals surface area (Å²) in [5.41, 5.74) is -0.517. The van der Waals surface area contributed by atoms with E-state index in [9.17, 15) is 13.6 Å². The third-order valence-corrected chi connectivity index (χ3v) is 2.09. The molecular formula is C11H6F2N2O2. The first-order chi connectivity index (χ1) is 8.09. The molecule has 17 heavy (non-hydrogen) atoms. The fourth-order valence-electron chi connectivity index (χ4n) is 1.37. The average molecular weight is 236 g/mol. The van der Waals surface area contributed by atoms with Gasteiger partial charge in [0.25, 0.3) is 0 Å². The van der Waals surface area contributed by atoms with Gasteiger partial charge in [0.1, 0.15) is 5.82 Å². The van der Waals surface area contributed by atoms with Crippen molar-refractivity contribution in [2.24, 2.45) is 0 Å². The molecule has 1 N–H and O–H groups in total. The van der Waals surface area contributed by atoms with Crippen molar-refractivity contribution in [1.29, 1.82) is 0 Å². The minimum atomic E-state index is -1.30. The molecule has 6 heteroatoms. The van der Waals surface area contributed by atoms with E-state index in [1.54, 1.807) is 0 Å². The van der Waals surface area contributed by atoms with Crippen molar-refractivity contribution in [3.63, 3.8) is 0 Å². The van der Waals surface area contributed by atoms with Gasteiger partial charge in [-0.2, -0.15) is 0 Å². The summed E-state index contributed by atoms with van der Waals surface area (Å²) in [6.07, 6.45) is 1.70. The van der Waals surface area contributed by atoms with Crippen LogP contribution in [0.2, 0.25) is 0 Å². The molecule has 2 rings (SSSR count). The van der Waals surface area contributed by atoms with Crippen LogP contribution >= 0.6 is 0 Å². The Balaban J connectivity index is 2.65. The van der Waals surface area contributed by atoms with Gasteiger partial charge in [0.15, 0.2) is 11.6 Å². The molecule has 0 radical (unpaired) electrons. The molecule has 86 valence electrons. The summed E-state index contributed by atoms with van der Waals surface area (Å²) in [4.78, 5) is 18.0. The zero-order valence-corrected chi connectivity index (χ0v) is 8.39. The lowest BCUT2D eigenvalue weighted by molar-refractivity contribution is 0.0697. The van der Waals surface area contributed by atoms with E-state index in [0.717, 1.165) is 18.5 Å². The van der Waals surface area contributed by atoms with E-state index >= 15 is 0 Å². The number of carboxylic acid groups (broad SMARTS) is 1. The highest BCUT2D eigenvalue weighted by Gasteiger charge is 2.17. The van der Waals surface area contributed by atoms with Gasteiger partial charge in [-0.15, -0.1) is 0 Å². The summed E-state index contributed by atoms with van der Waals surface area (Å²) in [6, 6.07) is 3.59. The topological polar surface area (TPSA) is 63.1 Å². The van der Waals surface area contributed by atoms with Crippen LogP contribution in [-0.4, -0.2) is 21.0 Å². The zero-order chi connectivity index (χ0) is 12.4. The molecule has 0 saturated carbocycles. The molecule has 2 aromatic rings. The molecule has 0 aliphatic carbocycles. The Morgan fingerprint density at radius 2 is 1.82 bits per heavy atom. The van der Waals surface area contributed by atoms with Gasteiger partial charge in [0, 0.05) is 0 Å². The number of rotatable bonds is 2. The van der Waals surface area contributed by atoms with Gasteiger partial charge in [-0.3, -0.25) is 0 Å². The van der Waals surface area contributed by atoms with Gasteiger partial charge in [0.2, 0.25) is 0 Å². The molecule has 0 saturated heterocycles. The van der Waals surface area contributed by atoms with Crippen LogP contribution in [-0.2, 0) is 0 Å². The predicted octanol–water partition coefficient (Wildman–Crippen LogP) is 2.12. The van der Waals surface area contributed by atoms with Crippen molar-refractivity contribution in [3.8, 4) is 11.4 Å². The Labute approximate surface area is 94.6 Å². The Morgan fingerprint density at radius 3 is 2.41 bits per heavy atom. The lowest BCUT2D eigenvalue weighted by atomic mass is 10.1. The number of aromatic nitrogens is 2. The Kier molecular flexibility index (Phi) is 2.78. The summed E-state index contributed by atoms with van der Waals surface area (Å²) < 4.78 is 26.2. The third kappa shape index (κ3) is 2.10. The van der Waals surface area contributed by atoms with Crippen LogP contribution in [0.4, 0.5) is 8.78 Å². The number of benzene rings is 1. The molecule has 4 nitrogen and oxygen atoms in total. The molecule has 0 atom stereocenters. The number of hydrogen-bond acceptors (Lipinski definition) is 3. The lowest BCUT2D eigenvalue weighted by Crippen LogP contribution is -2.03. The second-order valence-corrected chi connectivity index (χ2v) is 3.19. The standard InChI is InChI=1S/C11H6F2N2O2/c12-6-4-14-10(15-5-6)9-7(11(16)17)2-1-3-8(9)13/h1-5H,(H,16,17). The average Bonchev–Trinajstić information content (AvgIpc) is 2.30. The molecule has 1 aromatic heterocycles. The smallest absolute Gasteiger partial charge is 0.336 e. The Morgan fingerprint density at radius 1 is 1.18 bits per heavy atom. The maximum atomic E-state index is 13.6. The van der Waals surface area contributed by atoms with Crippen molar-refractivity contribution in [1.82, 2.24) is 9.97 Å². The number of nitrogens with zero attached hydrogens (tertiary/aromatic N) is 2. The molecule has 1 aromatic carbocycles. The first-order valence-corrected chi connectivity index (χ1v) is 4.59. The van der Waals surface area contributed by atoms with Crippen LogP contribution in [0.3, 0.4) is 0 Å². The van der Waals surface area contributed by atoms with Crippen molar-refractivity contribution < 1.29 is 18.7 Å². The van der Waals surface area contributed by atoms with E-state index in [0.29, 0.717) is 0 Å². The first-order valence-electron chi connectivity index (χ1n) is 4.59. The number of aromatic carboxylic acids is 1. The minimum absolute atomic E-state index is 0.165. The van der Waals surface area contributed by atoms with Gasteiger partial charge in [-0.25, -0.2) is 23.5 Å². The van der Waals surface area contributed by atoms with Crippen molar-refractivity contribution >= 4 is 5.97 Å². The molecule has 0 aliphatic heterocycles. The van der Waals surface area contributed by atoms with E-state index in [2.05, 4.69) is 9.97 Å². The van der Waals surface area contributed by atoms with E-state index in [1.807, 2.05) is 0 Å². The third-order valence-electron chi connectivity index (χ3n) is 2.09. The summed E-state index contributed by atoms with van der Waals surface area (Å²) in [6.45, 7) is 0. The molecule has 0 fully saturated rings. The van der Waals surface area contributed by atoms with Gasteiger partial charge in [-0.1, -0.05) is 6.07 Å². The lowest BCUT2D eigenvalue weighted by Gasteiger charge is -2.05. The van der Waals surface area contributed by atoms with E-state index < -0.39 is 17.6 Å². The van der Waals surface area contributed by atoms with Crippen LogP contribution in [0.25, 0.3) is 11.4 Å². The summed E-state index contributed by atoms with van der Waals surface area (Å²) >= 11 is 0. The van der Waals surface area contributed by atoms with Gasteiger partial charge < -0.3 is 5.11 Å².